The number of nitrogens with one attached hydrogen (secondary N) is 1. The summed E-state index contributed by atoms with van der Waals surface area (Å²) in [6, 6.07) is 20.6. The fourth-order valence-electron chi connectivity index (χ4n) is 3.25. The first-order valence-electron chi connectivity index (χ1n) is 8.66. The van der Waals surface area contributed by atoms with E-state index in [9.17, 15) is 4.79 Å². The highest BCUT2D eigenvalue weighted by Crippen LogP contribution is 2.68. The molecule has 0 saturated carbocycles. The summed E-state index contributed by atoms with van der Waals surface area (Å²) in [4.78, 5) is 11.6. The minimum Gasteiger partial charge on any atom is -0.313 e. The lowest BCUT2D eigenvalue weighted by atomic mass is 10.1. The van der Waals surface area contributed by atoms with E-state index in [1.54, 1.807) is 0 Å². The zero-order valence-electron chi connectivity index (χ0n) is 14.5. The molecule has 4 rings (SSSR count). The lowest BCUT2D eigenvalue weighted by molar-refractivity contribution is -0.117. The van der Waals surface area contributed by atoms with Gasteiger partial charge in [-0.2, -0.15) is 0 Å². The maximum Gasteiger partial charge on any atom is 0.235 e. The van der Waals surface area contributed by atoms with Crippen LogP contribution >= 0.6 is 29.6 Å². The fraction of sp³-hybridized carbons (Fsp3) is 0.0909. The predicted octanol–water partition coefficient (Wildman–Crippen LogP) is 4.53. The molecule has 5 heteroatoms. The Hall–Kier alpha value is -2.02. The molecule has 1 saturated heterocycles. The van der Waals surface area contributed by atoms with E-state index in [1.165, 1.54) is 11.8 Å². The number of carbonyl (C=O) groups excluding carboxylic acids is 1. The Labute approximate surface area is 168 Å². The number of carbonyl (C=O) groups is 1. The van der Waals surface area contributed by atoms with Gasteiger partial charge in [0, 0.05) is 5.57 Å². The van der Waals surface area contributed by atoms with Crippen LogP contribution in [0.2, 0.25) is 0 Å². The number of amides is 1. The topological polar surface area (TPSA) is 29.1 Å². The minimum atomic E-state index is -2.28. The van der Waals surface area contributed by atoms with Gasteiger partial charge in [0.05, 0.1) is 17.0 Å². The van der Waals surface area contributed by atoms with Crippen molar-refractivity contribution in [1.82, 2.24) is 5.32 Å². The second-order valence-electron chi connectivity index (χ2n) is 6.24. The highest BCUT2D eigenvalue weighted by Gasteiger charge is 2.50. The SMILES string of the molecule is O=C1CSC(=C=C2C=CC=CC2[P+](Cl)(c2ccccc2)c2ccccc2)N1. The molecule has 0 radical (unpaired) electrons. The van der Waals surface area contributed by atoms with Crippen LogP contribution in [0.4, 0.5) is 0 Å². The lowest BCUT2D eigenvalue weighted by Gasteiger charge is -2.27. The third-order valence-electron chi connectivity index (χ3n) is 4.50. The Kier molecular flexibility index (Phi) is 5.38. The summed E-state index contributed by atoms with van der Waals surface area (Å²) in [5, 5.41) is 5.91. The molecule has 0 bridgehead atoms. The van der Waals surface area contributed by atoms with Gasteiger partial charge in [-0.3, -0.25) is 4.79 Å². The summed E-state index contributed by atoms with van der Waals surface area (Å²) in [5.41, 5.74) is 4.40. The molecule has 1 aliphatic carbocycles. The standard InChI is InChI=1S/C22H17ClNOPS/c23-26(18-10-3-1-4-11-18,19-12-5-2-6-13-19)20-14-8-7-9-17(20)15-22-24-21(25)16-27-22/h1-14,20H,16H2/p+1. The van der Waals surface area contributed by atoms with Crippen molar-refractivity contribution in [3.05, 3.63) is 101 Å². The van der Waals surface area contributed by atoms with E-state index in [0.717, 1.165) is 21.2 Å². The number of rotatable bonds is 3. The van der Waals surface area contributed by atoms with E-state index in [0.29, 0.717) is 5.75 Å². The molecule has 1 amide bonds. The average Bonchev–Trinajstić information content (AvgIpc) is 3.14. The van der Waals surface area contributed by atoms with Gasteiger partial charge in [0.15, 0.2) is 6.62 Å². The molecule has 2 nitrogen and oxygen atoms in total. The molecular weight excluding hydrogens is 393 g/mol. The molecule has 2 aromatic carbocycles. The maximum absolute atomic E-state index is 11.6. The van der Waals surface area contributed by atoms with Crippen molar-refractivity contribution in [2.24, 2.45) is 0 Å². The third-order valence-corrected chi connectivity index (χ3v) is 10.5. The fourth-order valence-corrected chi connectivity index (χ4v) is 8.19. The van der Waals surface area contributed by atoms with Crippen molar-refractivity contribution in [1.29, 1.82) is 0 Å². The molecular formula is C22H18ClNOPS+. The third kappa shape index (κ3) is 3.70. The molecule has 134 valence electrons. The number of benzene rings is 2. The zero-order valence-corrected chi connectivity index (χ0v) is 17.0. The summed E-state index contributed by atoms with van der Waals surface area (Å²) in [5.74, 6) is 0.464. The molecule has 1 heterocycles. The van der Waals surface area contributed by atoms with Crippen LogP contribution in [0.1, 0.15) is 0 Å². The largest absolute Gasteiger partial charge is 0.313 e. The van der Waals surface area contributed by atoms with Gasteiger partial charge in [0.25, 0.3) is 0 Å². The van der Waals surface area contributed by atoms with Gasteiger partial charge < -0.3 is 5.32 Å². The Bertz CT molecular complexity index is 938. The molecule has 0 aromatic heterocycles. The average molecular weight is 411 g/mol. The van der Waals surface area contributed by atoms with Gasteiger partial charge in [0.2, 0.25) is 5.91 Å². The van der Waals surface area contributed by atoms with Gasteiger partial charge in [0.1, 0.15) is 21.3 Å². The van der Waals surface area contributed by atoms with Crippen LogP contribution in [-0.4, -0.2) is 17.3 Å². The summed E-state index contributed by atoms with van der Waals surface area (Å²) in [6.45, 7) is -2.28. The number of halogens is 1. The lowest BCUT2D eigenvalue weighted by Crippen LogP contribution is -2.28. The molecule has 27 heavy (non-hydrogen) atoms. The monoisotopic (exact) mass is 410 g/mol. The normalized spacial score (nSPS) is 19.1. The Morgan fingerprint density at radius 3 is 2.19 bits per heavy atom. The number of hydrogen-bond acceptors (Lipinski definition) is 2. The second-order valence-corrected chi connectivity index (χ2v) is 11.7. The van der Waals surface area contributed by atoms with Crippen LogP contribution in [0.5, 0.6) is 0 Å². The highest BCUT2D eigenvalue weighted by atomic mass is 35.7. The van der Waals surface area contributed by atoms with Crippen molar-refractivity contribution in [3.8, 4) is 0 Å². The molecule has 1 unspecified atom stereocenters. The number of thioether (sulfide) groups is 1. The van der Waals surface area contributed by atoms with Gasteiger partial charge in [-0.15, -0.1) is 0 Å². The van der Waals surface area contributed by atoms with Crippen LogP contribution in [0.25, 0.3) is 0 Å². The first-order valence-corrected chi connectivity index (χ1v) is 12.4. The molecule has 2 aromatic rings. The summed E-state index contributed by atoms with van der Waals surface area (Å²) < 4.78 is 0. The summed E-state index contributed by atoms with van der Waals surface area (Å²) >= 11 is 9.02. The molecule has 1 atom stereocenters. The minimum absolute atomic E-state index is 0.0143. The Morgan fingerprint density at radius 2 is 1.63 bits per heavy atom. The maximum atomic E-state index is 11.6. The molecule has 0 spiro atoms. The molecule has 1 aliphatic heterocycles. The van der Waals surface area contributed by atoms with E-state index in [4.69, 9.17) is 11.2 Å². The second kappa shape index (κ2) is 7.92. The van der Waals surface area contributed by atoms with Gasteiger partial charge in [-0.05, 0) is 36.4 Å². The molecule has 1 N–H and O–H groups in total. The number of allylic oxidation sites excluding steroid dienone is 5. The zero-order chi connectivity index (χ0) is 18.7. The highest BCUT2D eigenvalue weighted by molar-refractivity contribution is 8.10. The van der Waals surface area contributed by atoms with Gasteiger partial charge >= 0.3 is 0 Å². The van der Waals surface area contributed by atoms with Crippen molar-refractivity contribution >= 4 is 46.1 Å². The van der Waals surface area contributed by atoms with Crippen molar-refractivity contribution in [3.63, 3.8) is 0 Å². The van der Waals surface area contributed by atoms with Crippen molar-refractivity contribution < 1.29 is 4.79 Å². The van der Waals surface area contributed by atoms with Gasteiger partial charge in [-0.1, -0.05) is 66.0 Å². The van der Waals surface area contributed by atoms with E-state index >= 15 is 0 Å². The predicted molar refractivity (Wildman–Crippen MR) is 118 cm³/mol. The van der Waals surface area contributed by atoms with Crippen molar-refractivity contribution in [2.45, 2.75) is 5.66 Å². The van der Waals surface area contributed by atoms with E-state index < -0.39 is 6.62 Å². The van der Waals surface area contributed by atoms with E-state index in [-0.39, 0.29) is 11.6 Å². The van der Waals surface area contributed by atoms with E-state index in [1.807, 2.05) is 54.6 Å². The summed E-state index contributed by atoms with van der Waals surface area (Å²) in [7, 11) is 0. The van der Waals surface area contributed by atoms with Gasteiger partial charge in [-0.25, -0.2) is 0 Å². The van der Waals surface area contributed by atoms with Crippen LogP contribution in [-0.2, 0) is 4.79 Å². The van der Waals surface area contributed by atoms with Crippen LogP contribution in [0.3, 0.4) is 0 Å². The number of hydrogen-bond donors (Lipinski definition) is 1. The smallest absolute Gasteiger partial charge is 0.235 e. The molecule has 1 fully saturated rings. The van der Waals surface area contributed by atoms with Crippen molar-refractivity contribution in [2.75, 3.05) is 5.75 Å². The Morgan fingerprint density at radius 1 is 1.00 bits per heavy atom. The summed E-state index contributed by atoms with van der Waals surface area (Å²) in [6.07, 6.45) is 8.25. The molecule has 2 aliphatic rings. The first kappa shape index (κ1) is 18.3. The van der Waals surface area contributed by atoms with E-state index in [2.05, 4.69) is 41.4 Å². The quantitative estimate of drug-likeness (QED) is 0.595. The van der Waals surface area contributed by atoms with Crippen LogP contribution in [0.15, 0.2) is 101 Å². The first-order chi connectivity index (χ1) is 13.2. The Balaban J connectivity index is 1.89. The van der Waals surface area contributed by atoms with Crippen LogP contribution in [0, 0.1) is 0 Å². The van der Waals surface area contributed by atoms with Crippen LogP contribution < -0.4 is 15.9 Å².